The Bertz CT molecular complexity index is 395. The van der Waals surface area contributed by atoms with Crippen LogP contribution in [0.1, 0.15) is 0 Å². The summed E-state index contributed by atoms with van der Waals surface area (Å²) in [5.41, 5.74) is 7.58. The van der Waals surface area contributed by atoms with Crippen molar-refractivity contribution in [3.63, 3.8) is 0 Å². The number of rotatable bonds is 1. The number of hydrogen-bond donors (Lipinski definition) is 3. The van der Waals surface area contributed by atoms with Crippen molar-refractivity contribution in [3.8, 4) is 0 Å². The molecule has 1 rings (SSSR count). The molecule has 0 amide bonds. The predicted molar refractivity (Wildman–Crippen MR) is 59.4 cm³/mol. The van der Waals surface area contributed by atoms with Crippen LogP contribution in [0, 0.1) is 0 Å². The first-order valence-electron chi connectivity index (χ1n) is 3.93. The van der Waals surface area contributed by atoms with E-state index in [1.807, 2.05) is 43.3 Å². The van der Waals surface area contributed by atoms with E-state index < -0.39 is 10.4 Å². The van der Waals surface area contributed by atoms with Crippen molar-refractivity contribution in [2.45, 2.75) is 0 Å². The zero-order valence-corrected chi connectivity index (χ0v) is 9.27. The van der Waals surface area contributed by atoms with Crippen LogP contribution in [0.3, 0.4) is 0 Å². The molecule has 0 atom stereocenters. The van der Waals surface area contributed by atoms with Crippen LogP contribution in [0.25, 0.3) is 0 Å². The second-order valence-corrected chi connectivity index (χ2v) is 3.80. The van der Waals surface area contributed by atoms with Crippen LogP contribution in [0.15, 0.2) is 24.3 Å². The summed E-state index contributed by atoms with van der Waals surface area (Å²) in [6, 6.07) is 7.80. The molecule has 86 valence electrons. The molecule has 0 aliphatic carbocycles. The summed E-state index contributed by atoms with van der Waals surface area (Å²) in [5, 5.41) is 0. The third-order valence-electron chi connectivity index (χ3n) is 1.42. The predicted octanol–water partition coefficient (Wildman–Crippen LogP) is 0.682. The highest BCUT2D eigenvalue weighted by molar-refractivity contribution is 7.79. The maximum absolute atomic E-state index is 8.74. The van der Waals surface area contributed by atoms with Crippen molar-refractivity contribution in [2.75, 3.05) is 24.7 Å². The van der Waals surface area contributed by atoms with Crippen molar-refractivity contribution in [1.29, 1.82) is 0 Å². The van der Waals surface area contributed by atoms with Crippen LogP contribution in [0.2, 0.25) is 0 Å². The molecule has 0 spiro atoms. The average Bonchev–Trinajstić information content (AvgIpc) is 2.01. The van der Waals surface area contributed by atoms with Gasteiger partial charge in [0.15, 0.2) is 0 Å². The van der Waals surface area contributed by atoms with Crippen LogP contribution in [-0.4, -0.2) is 31.6 Å². The lowest BCUT2D eigenvalue weighted by molar-refractivity contribution is 0.381. The molecule has 6 nitrogen and oxygen atoms in total. The van der Waals surface area contributed by atoms with Gasteiger partial charge in [0.05, 0.1) is 11.4 Å². The van der Waals surface area contributed by atoms with Crippen LogP contribution in [0.5, 0.6) is 0 Å². The van der Waals surface area contributed by atoms with Crippen LogP contribution in [-0.2, 0) is 10.4 Å². The summed E-state index contributed by atoms with van der Waals surface area (Å²) in [4.78, 5) is 2.00. The summed E-state index contributed by atoms with van der Waals surface area (Å²) >= 11 is 0. The van der Waals surface area contributed by atoms with Crippen LogP contribution < -0.4 is 10.6 Å². The Labute approximate surface area is 88.9 Å². The van der Waals surface area contributed by atoms with E-state index in [4.69, 9.17) is 23.3 Å². The first-order valence-corrected chi connectivity index (χ1v) is 5.33. The van der Waals surface area contributed by atoms with E-state index in [-0.39, 0.29) is 0 Å². The Morgan fingerprint density at radius 1 is 1.20 bits per heavy atom. The van der Waals surface area contributed by atoms with Crippen molar-refractivity contribution in [2.24, 2.45) is 0 Å². The molecule has 0 bridgehead atoms. The number of nitrogens with two attached hydrogens (primary N) is 1. The molecule has 0 saturated carbocycles. The lowest BCUT2D eigenvalue weighted by Crippen LogP contribution is -2.10. The highest BCUT2D eigenvalue weighted by Gasteiger charge is 1.96. The standard InChI is InChI=1S/C8H12N2.H2O4S/c1-10(2)8-6-4-3-5-7(8)9;1-5(2,3)4/h3-6H,9H2,1-2H3;(H2,1,2,3,4). The van der Waals surface area contributed by atoms with Crippen molar-refractivity contribution < 1.29 is 17.5 Å². The number of hydrogen-bond acceptors (Lipinski definition) is 4. The fraction of sp³-hybridized carbons (Fsp3) is 0.250. The molecule has 0 unspecified atom stereocenters. The number of anilines is 2. The van der Waals surface area contributed by atoms with Crippen molar-refractivity contribution in [3.05, 3.63) is 24.3 Å². The van der Waals surface area contributed by atoms with Gasteiger partial charge in [0.2, 0.25) is 0 Å². The number of nitrogens with zero attached hydrogens (tertiary/aromatic N) is 1. The van der Waals surface area contributed by atoms with Gasteiger partial charge in [0.25, 0.3) is 0 Å². The molecule has 0 radical (unpaired) electrons. The van der Waals surface area contributed by atoms with E-state index in [0.29, 0.717) is 0 Å². The largest absolute Gasteiger partial charge is 0.397 e. The van der Waals surface area contributed by atoms with Gasteiger partial charge >= 0.3 is 10.4 Å². The minimum absolute atomic E-state index is 0.826. The smallest absolute Gasteiger partial charge is 0.394 e. The zero-order valence-electron chi connectivity index (χ0n) is 8.45. The minimum atomic E-state index is -4.67. The summed E-state index contributed by atoms with van der Waals surface area (Å²) in [7, 11) is -0.711. The Hall–Kier alpha value is -1.31. The normalized spacial score (nSPS) is 10.1. The van der Waals surface area contributed by atoms with Gasteiger partial charge < -0.3 is 10.6 Å². The molecule has 4 N–H and O–H groups in total. The molecule has 0 heterocycles. The third kappa shape index (κ3) is 7.74. The average molecular weight is 234 g/mol. The van der Waals surface area contributed by atoms with Gasteiger partial charge in [-0.1, -0.05) is 12.1 Å². The lowest BCUT2D eigenvalue weighted by Gasteiger charge is -2.13. The Balaban J connectivity index is 0.000000336. The monoisotopic (exact) mass is 234 g/mol. The highest BCUT2D eigenvalue weighted by atomic mass is 32.3. The van der Waals surface area contributed by atoms with Gasteiger partial charge in [-0.25, -0.2) is 0 Å². The fourth-order valence-corrected chi connectivity index (χ4v) is 0.895. The van der Waals surface area contributed by atoms with Crippen molar-refractivity contribution >= 4 is 21.8 Å². The summed E-state index contributed by atoms with van der Waals surface area (Å²) < 4.78 is 31.6. The fourth-order valence-electron chi connectivity index (χ4n) is 0.895. The molecular weight excluding hydrogens is 220 g/mol. The van der Waals surface area contributed by atoms with Crippen molar-refractivity contribution in [1.82, 2.24) is 0 Å². The zero-order chi connectivity index (χ0) is 12.1. The van der Waals surface area contributed by atoms with Crippen LogP contribution >= 0.6 is 0 Å². The van der Waals surface area contributed by atoms with Crippen LogP contribution in [0.4, 0.5) is 11.4 Å². The summed E-state index contributed by atoms with van der Waals surface area (Å²) in [6.07, 6.45) is 0. The highest BCUT2D eigenvalue weighted by Crippen LogP contribution is 2.18. The molecule has 7 heteroatoms. The molecule has 0 aliphatic rings. The summed E-state index contributed by atoms with van der Waals surface area (Å²) in [5.74, 6) is 0. The SMILES string of the molecule is CN(C)c1ccccc1N.O=S(=O)(O)O. The van der Waals surface area contributed by atoms with Gasteiger partial charge in [-0.15, -0.1) is 0 Å². The molecule has 1 aromatic carbocycles. The maximum Gasteiger partial charge on any atom is 0.394 e. The molecule has 15 heavy (non-hydrogen) atoms. The molecule has 0 saturated heterocycles. The van der Waals surface area contributed by atoms with E-state index in [1.54, 1.807) is 0 Å². The first kappa shape index (κ1) is 13.7. The second-order valence-electron chi connectivity index (χ2n) is 2.90. The molecule has 0 aliphatic heterocycles. The van der Waals surface area contributed by atoms with E-state index in [9.17, 15) is 0 Å². The topological polar surface area (TPSA) is 104 Å². The van der Waals surface area contributed by atoms with Gasteiger partial charge in [-0.3, -0.25) is 9.11 Å². The minimum Gasteiger partial charge on any atom is -0.397 e. The Morgan fingerprint density at radius 3 is 1.87 bits per heavy atom. The van der Waals surface area contributed by atoms with E-state index in [1.165, 1.54) is 0 Å². The maximum atomic E-state index is 8.74. The number of benzene rings is 1. The third-order valence-corrected chi connectivity index (χ3v) is 1.42. The van der Waals surface area contributed by atoms with Gasteiger partial charge in [-0.2, -0.15) is 8.42 Å². The molecule has 0 aromatic heterocycles. The van der Waals surface area contributed by atoms with E-state index in [0.717, 1.165) is 11.4 Å². The molecule has 0 fully saturated rings. The van der Waals surface area contributed by atoms with Gasteiger partial charge in [0.1, 0.15) is 0 Å². The molecular formula is C8H14N2O4S. The van der Waals surface area contributed by atoms with E-state index >= 15 is 0 Å². The second kappa shape index (κ2) is 5.54. The van der Waals surface area contributed by atoms with Gasteiger partial charge in [-0.05, 0) is 12.1 Å². The Kier molecular flexibility index (Phi) is 5.06. The number of nitrogen functional groups attached to an aromatic ring is 1. The summed E-state index contributed by atoms with van der Waals surface area (Å²) in [6.45, 7) is 0. The first-order chi connectivity index (χ1) is 6.72. The van der Waals surface area contributed by atoms with Gasteiger partial charge in [0, 0.05) is 14.1 Å². The lowest BCUT2D eigenvalue weighted by atomic mass is 10.2. The quantitative estimate of drug-likeness (QED) is 0.487. The van der Waals surface area contributed by atoms with E-state index in [2.05, 4.69) is 0 Å². The number of para-hydroxylation sites is 2. The molecule has 1 aromatic rings. The Morgan fingerprint density at radius 2 is 1.60 bits per heavy atom.